The number of allylic oxidation sites excluding steroid dienone is 1. The van der Waals surface area contributed by atoms with Gasteiger partial charge in [0.25, 0.3) is 5.91 Å². The lowest BCUT2D eigenvalue weighted by Gasteiger charge is -2.35. The normalized spacial score (nSPS) is 18.7. The van der Waals surface area contributed by atoms with Gasteiger partial charge in [0.2, 0.25) is 11.8 Å². The smallest absolute Gasteiger partial charge is 0.258 e. The number of pyridine rings is 1. The van der Waals surface area contributed by atoms with Crippen LogP contribution in [-0.2, 0) is 23.9 Å². The summed E-state index contributed by atoms with van der Waals surface area (Å²) in [6.45, 7) is 15.2. The monoisotopic (exact) mass is 619 g/mol. The van der Waals surface area contributed by atoms with E-state index in [2.05, 4.69) is 27.6 Å². The van der Waals surface area contributed by atoms with Gasteiger partial charge >= 0.3 is 0 Å². The van der Waals surface area contributed by atoms with Gasteiger partial charge in [-0.25, -0.2) is 5.43 Å². The number of ether oxygens (including phenoxy) is 1. The summed E-state index contributed by atoms with van der Waals surface area (Å²) in [5, 5.41) is 9.30. The first kappa shape index (κ1) is 35.6. The van der Waals surface area contributed by atoms with Gasteiger partial charge in [-0.1, -0.05) is 51.6 Å². The molecule has 0 spiro atoms. The molecule has 2 aromatic rings. The van der Waals surface area contributed by atoms with Crippen molar-refractivity contribution in [2.45, 2.75) is 85.0 Å². The van der Waals surface area contributed by atoms with E-state index in [1.165, 1.54) is 5.01 Å². The van der Waals surface area contributed by atoms with Gasteiger partial charge in [0.05, 0.1) is 17.8 Å². The molecule has 1 aromatic heterocycles. The number of carbonyl (C=O) groups is 4. The van der Waals surface area contributed by atoms with Crippen molar-refractivity contribution >= 4 is 40.4 Å². The minimum absolute atomic E-state index is 0.0505. The lowest BCUT2D eigenvalue weighted by atomic mass is 9.85. The fourth-order valence-corrected chi connectivity index (χ4v) is 5.56. The number of hydrazine groups is 1. The Hall–Kier alpha value is -3.89. The molecule has 244 valence electrons. The van der Waals surface area contributed by atoms with Crippen LogP contribution in [0.25, 0.3) is 16.8 Å². The fourth-order valence-electron chi connectivity index (χ4n) is 5.56. The highest BCUT2D eigenvalue weighted by Gasteiger charge is 2.34. The third-order valence-corrected chi connectivity index (χ3v) is 8.55. The molecule has 1 aliphatic rings. The average molecular weight is 620 g/mol. The number of methoxy groups -OCH3 is 1. The Morgan fingerprint density at radius 3 is 2.49 bits per heavy atom. The number of Topliss-reactive ketones (excluding diaryl/α,β-unsaturated/α-hetero) is 1. The van der Waals surface area contributed by atoms with Crippen molar-refractivity contribution in [3.05, 3.63) is 60.5 Å². The van der Waals surface area contributed by atoms with Gasteiger partial charge in [-0.2, -0.15) is 0 Å². The predicted octanol–water partition coefficient (Wildman–Crippen LogP) is 4.51. The minimum Gasteiger partial charge on any atom is -0.377 e. The Kier molecular flexibility index (Phi) is 13.0. The zero-order valence-electron chi connectivity index (χ0n) is 27.6. The molecule has 10 nitrogen and oxygen atoms in total. The number of hydrogen-bond donors (Lipinski definition) is 3. The van der Waals surface area contributed by atoms with Crippen LogP contribution < -0.4 is 16.1 Å². The lowest BCUT2D eigenvalue weighted by molar-refractivity contribution is -0.144. The van der Waals surface area contributed by atoms with Crippen molar-refractivity contribution in [2.24, 2.45) is 17.8 Å². The van der Waals surface area contributed by atoms with E-state index in [0.717, 1.165) is 22.0 Å². The van der Waals surface area contributed by atoms with E-state index < -0.39 is 23.9 Å². The van der Waals surface area contributed by atoms with Gasteiger partial charge < -0.3 is 15.4 Å². The van der Waals surface area contributed by atoms with Crippen LogP contribution in [0.1, 0.15) is 78.1 Å². The van der Waals surface area contributed by atoms with E-state index in [-0.39, 0.29) is 48.0 Å². The van der Waals surface area contributed by atoms with Gasteiger partial charge in [0.15, 0.2) is 0 Å². The molecule has 0 radical (unpaired) electrons. The summed E-state index contributed by atoms with van der Waals surface area (Å²) in [5.41, 5.74) is 4.79. The number of fused-ring (bicyclic) bond motifs is 1. The zero-order chi connectivity index (χ0) is 33.3. The number of benzene rings is 1. The summed E-state index contributed by atoms with van der Waals surface area (Å²) in [6, 6.07) is 6.22. The molecule has 3 rings (SSSR count). The Morgan fingerprint density at radius 1 is 1.11 bits per heavy atom. The van der Waals surface area contributed by atoms with Crippen molar-refractivity contribution < 1.29 is 23.9 Å². The first-order chi connectivity index (χ1) is 21.4. The molecule has 0 aliphatic carbocycles. The summed E-state index contributed by atoms with van der Waals surface area (Å²) in [4.78, 5) is 57.3. The van der Waals surface area contributed by atoms with Crippen LogP contribution in [0.2, 0.25) is 0 Å². The van der Waals surface area contributed by atoms with Crippen LogP contribution >= 0.6 is 0 Å². The second kappa shape index (κ2) is 16.4. The Bertz CT molecular complexity index is 1410. The molecule has 2 heterocycles. The van der Waals surface area contributed by atoms with Gasteiger partial charge in [0, 0.05) is 43.5 Å². The molecule has 0 bridgehead atoms. The maximum absolute atomic E-state index is 13.4. The van der Waals surface area contributed by atoms with Gasteiger partial charge in [-0.05, 0) is 68.7 Å². The number of carbonyl (C=O) groups excluding carboxylic acids is 4. The Morgan fingerprint density at radius 2 is 1.84 bits per heavy atom. The highest BCUT2D eigenvalue weighted by molar-refractivity contribution is 5.92. The first-order valence-corrected chi connectivity index (χ1v) is 15.8. The maximum Gasteiger partial charge on any atom is 0.258 e. The SMILES string of the molecule is C=Cc1cc2cc([C@@H](C)NC(=O)[C@@H]3CCCN(C(=O)[C@H](C)NC(=O)[C@@H](CC(=O)[C@H](C)[C@@H](/C=C/C)OC)C(C)C)N3)ccc2cn1. The number of ketones is 1. The number of amides is 3. The van der Waals surface area contributed by atoms with Gasteiger partial charge in [0.1, 0.15) is 17.9 Å². The molecule has 1 saturated heterocycles. The van der Waals surface area contributed by atoms with Gasteiger partial charge in [-0.3, -0.25) is 29.2 Å². The summed E-state index contributed by atoms with van der Waals surface area (Å²) in [5.74, 6) is -2.09. The molecule has 1 aliphatic heterocycles. The fraction of sp³-hybridized carbons (Fsp3) is 0.514. The Balaban J connectivity index is 1.59. The molecular formula is C35H49N5O5. The Labute approximate surface area is 267 Å². The third-order valence-electron chi connectivity index (χ3n) is 8.55. The van der Waals surface area contributed by atoms with Crippen molar-refractivity contribution in [1.82, 2.24) is 26.1 Å². The van der Waals surface area contributed by atoms with Crippen LogP contribution in [0.3, 0.4) is 0 Å². The molecular weight excluding hydrogens is 570 g/mol. The van der Waals surface area contributed by atoms with Crippen LogP contribution in [0.5, 0.6) is 0 Å². The van der Waals surface area contributed by atoms with E-state index in [9.17, 15) is 19.2 Å². The van der Waals surface area contributed by atoms with Crippen molar-refractivity contribution in [3.63, 3.8) is 0 Å². The first-order valence-electron chi connectivity index (χ1n) is 15.8. The minimum atomic E-state index is -0.846. The van der Waals surface area contributed by atoms with E-state index >= 15 is 0 Å². The number of nitrogens with zero attached hydrogens (tertiary/aromatic N) is 2. The molecule has 1 aromatic carbocycles. The maximum atomic E-state index is 13.4. The summed E-state index contributed by atoms with van der Waals surface area (Å²) in [7, 11) is 1.56. The van der Waals surface area contributed by atoms with E-state index in [1.807, 2.05) is 64.1 Å². The summed E-state index contributed by atoms with van der Waals surface area (Å²) >= 11 is 0. The van der Waals surface area contributed by atoms with Crippen molar-refractivity contribution in [1.29, 1.82) is 0 Å². The van der Waals surface area contributed by atoms with Gasteiger partial charge in [-0.15, -0.1) is 0 Å². The number of hydrogen-bond acceptors (Lipinski definition) is 7. The van der Waals surface area contributed by atoms with E-state index in [1.54, 1.807) is 33.2 Å². The number of nitrogens with one attached hydrogen (secondary N) is 3. The zero-order valence-corrected chi connectivity index (χ0v) is 27.6. The van der Waals surface area contributed by atoms with Crippen LogP contribution in [-0.4, -0.2) is 65.3 Å². The molecule has 6 atom stereocenters. The van der Waals surface area contributed by atoms with E-state index in [0.29, 0.717) is 19.4 Å². The second-order valence-corrected chi connectivity index (χ2v) is 12.2. The summed E-state index contributed by atoms with van der Waals surface area (Å²) < 4.78 is 5.43. The molecule has 1 fully saturated rings. The average Bonchev–Trinajstić information content (AvgIpc) is 3.04. The van der Waals surface area contributed by atoms with Crippen molar-refractivity contribution in [3.8, 4) is 0 Å². The van der Waals surface area contributed by atoms with Crippen LogP contribution in [0, 0.1) is 17.8 Å². The second-order valence-electron chi connectivity index (χ2n) is 12.2. The lowest BCUT2D eigenvalue weighted by Crippen LogP contribution is -2.61. The highest BCUT2D eigenvalue weighted by Crippen LogP contribution is 2.23. The number of aromatic nitrogens is 1. The molecule has 3 amide bonds. The number of rotatable bonds is 14. The molecule has 45 heavy (non-hydrogen) atoms. The molecule has 3 N–H and O–H groups in total. The highest BCUT2D eigenvalue weighted by atomic mass is 16.5. The topological polar surface area (TPSA) is 130 Å². The molecule has 0 unspecified atom stereocenters. The standard InChI is InChI=1S/C35H49N5O5/c1-9-12-32(45-8)22(5)31(41)19-29(21(3)4)33(42)38-24(7)35(44)40-16-11-13-30(39-40)34(43)37-23(6)25-14-15-26-20-36-28(10-2)18-27(26)17-25/h9-10,12,14-15,17-18,20-24,29-30,32,39H,2,11,13,16,19H2,1,3-8H3,(H,37,43)(H,38,42)/b12-9+/t22-,23+,24-,29-,30-,32+/m0/s1. The molecule has 0 saturated carbocycles. The quantitative estimate of drug-likeness (QED) is 0.265. The molecule has 10 heteroatoms. The predicted molar refractivity (Wildman–Crippen MR) is 177 cm³/mol. The van der Waals surface area contributed by atoms with E-state index in [4.69, 9.17) is 4.74 Å². The summed E-state index contributed by atoms with van der Waals surface area (Å²) in [6.07, 6.45) is 8.04. The van der Waals surface area contributed by atoms with Crippen LogP contribution in [0.4, 0.5) is 0 Å². The van der Waals surface area contributed by atoms with Crippen molar-refractivity contribution in [2.75, 3.05) is 13.7 Å². The van der Waals surface area contributed by atoms with Crippen LogP contribution in [0.15, 0.2) is 49.2 Å². The largest absolute Gasteiger partial charge is 0.377 e. The third kappa shape index (κ3) is 9.31.